The maximum absolute atomic E-state index is 12.9. The van der Waals surface area contributed by atoms with Gasteiger partial charge in [-0.25, -0.2) is 4.31 Å². The van der Waals surface area contributed by atoms with Gasteiger partial charge in [0.05, 0.1) is 0 Å². The molecule has 120 valence electrons. The number of hydrogen-bond acceptors (Lipinski definition) is 8. The quantitative estimate of drug-likeness (QED) is 0.105. The van der Waals surface area contributed by atoms with Gasteiger partial charge in [-0.15, -0.1) is 18.5 Å². The van der Waals surface area contributed by atoms with E-state index in [1.807, 2.05) is 0 Å². The molecule has 0 unspecified atom stereocenters. The smallest absolute Gasteiger partial charge is 0.224 e. The Morgan fingerprint density at radius 3 is 2.20 bits per heavy atom. The molecule has 0 spiro atoms. The van der Waals surface area contributed by atoms with Crippen LogP contribution in [0, 0.1) is 0 Å². The van der Waals surface area contributed by atoms with Crippen molar-refractivity contribution in [1.29, 1.82) is 0 Å². The van der Waals surface area contributed by atoms with E-state index in [1.165, 1.54) is 0 Å². The molecule has 0 amide bonds. The number of halogens is 5. The first-order chi connectivity index (χ1) is 9.29. The van der Waals surface area contributed by atoms with Gasteiger partial charge < -0.3 is 0 Å². The Morgan fingerprint density at radius 1 is 0.950 bits per heavy atom. The van der Waals surface area contributed by atoms with E-state index in [9.17, 15) is 22.0 Å². The average molecular weight is 346 g/mol. The van der Waals surface area contributed by atoms with E-state index < -0.39 is 23.8 Å². The first-order valence-corrected chi connectivity index (χ1v) is 6.73. The molecule has 0 atom stereocenters. The van der Waals surface area contributed by atoms with Gasteiger partial charge in [0.15, 0.2) is 0 Å². The molecule has 1 rings (SSSR count). The summed E-state index contributed by atoms with van der Waals surface area (Å²) in [5, 5.41) is 0. The normalized spacial score (nSPS) is 18.4. The van der Waals surface area contributed by atoms with Crippen LogP contribution in [0.3, 0.4) is 0 Å². The third-order valence-corrected chi connectivity index (χ3v) is 3.01. The van der Waals surface area contributed by atoms with Crippen LogP contribution in [0.5, 0.6) is 0 Å². The van der Waals surface area contributed by atoms with E-state index in [4.69, 9.17) is 0 Å². The monoisotopic (exact) mass is 346 g/mol. The summed E-state index contributed by atoms with van der Waals surface area (Å²) in [5.41, 5.74) is -3.62. The average Bonchev–Trinajstić information content (AvgIpc) is 2.35. The molecule has 0 bridgehead atoms. The topological polar surface area (TPSA) is 52.2 Å². The number of nitrogens with one attached hydrogen (secondary N) is 1. The number of hydroxylamine groups is 1. The third kappa shape index (κ3) is 9.12. The predicted octanol–water partition coefficient (Wildman–Crippen LogP) is 3.15. The van der Waals surface area contributed by atoms with Crippen LogP contribution in [-0.2, 0) is 18.5 Å². The SMILES string of the molecule is FC(F)(F)NOOSC(F)(F)OOSN1CCCCC1. The lowest BCUT2D eigenvalue weighted by atomic mass is 10.2. The van der Waals surface area contributed by atoms with Gasteiger partial charge in [0, 0.05) is 13.1 Å². The number of nitrogens with zero attached hydrogens (tertiary/aromatic N) is 1. The minimum absolute atomic E-state index is 0.416. The molecule has 1 N–H and O–H groups in total. The number of piperidine rings is 1. The lowest BCUT2D eigenvalue weighted by Gasteiger charge is -2.23. The van der Waals surface area contributed by atoms with Gasteiger partial charge in [-0.05, 0) is 12.8 Å². The van der Waals surface area contributed by atoms with Crippen LogP contribution in [0.4, 0.5) is 22.0 Å². The summed E-state index contributed by atoms with van der Waals surface area (Å²) in [4.78, 5) is 6.99. The standard InChI is InChI=1S/C7H11F5N2O4S2/c8-6(9,10)13-16-18-19-7(11,12)15-17-20-14-4-2-1-3-5-14/h13H,1-5H2. The van der Waals surface area contributed by atoms with Crippen LogP contribution >= 0.6 is 24.3 Å². The maximum Gasteiger partial charge on any atom is 0.482 e. The Morgan fingerprint density at radius 2 is 1.60 bits per heavy atom. The molecule has 0 radical (unpaired) electrons. The highest BCUT2D eigenvalue weighted by Crippen LogP contribution is 2.33. The van der Waals surface area contributed by atoms with Crippen LogP contribution in [-0.4, -0.2) is 29.1 Å². The summed E-state index contributed by atoms with van der Waals surface area (Å²) >= 11 is -0.198. The molecule has 1 saturated heterocycles. The van der Waals surface area contributed by atoms with Crippen molar-refractivity contribution in [2.24, 2.45) is 0 Å². The Labute approximate surface area is 119 Å². The van der Waals surface area contributed by atoms with Gasteiger partial charge in [0.25, 0.3) is 0 Å². The van der Waals surface area contributed by atoms with Gasteiger partial charge in [0.2, 0.25) is 0 Å². The molecule has 0 aromatic carbocycles. The second-order valence-corrected chi connectivity index (χ2v) is 5.09. The van der Waals surface area contributed by atoms with E-state index in [-0.39, 0.29) is 0 Å². The molecule has 0 aromatic heterocycles. The largest absolute Gasteiger partial charge is 0.482 e. The van der Waals surface area contributed by atoms with Crippen molar-refractivity contribution < 1.29 is 40.5 Å². The lowest BCUT2D eigenvalue weighted by molar-refractivity contribution is -0.363. The van der Waals surface area contributed by atoms with Gasteiger partial charge in [-0.2, -0.15) is 22.0 Å². The van der Waals surface area contributed by atoms with Crippen LogP contribution in [0.2, 0.25) is 0 Å². The van der Waals surface area contributed by atoms with Gasteiger partial charge >= 0.3 is 11.7 Å². The fourth-order valence-electron chi connectivity index (χ4n) is 1.17. The van der Waals surface area contributed by atoms with Crippen molar-refractivity contribution in [1.82, 2.24) is 9.79 Å². The molecule has 1 aliphatic heterocycles. The first kappa shape index (κ1) is 18.2. The summed E-state index contributed by atoms with van der Waals surface area (Å²) in [7, 11) is 0. The fourth-order valence-corrected chi connectivity index (χ4v) is 2.03. The number of rotatable bonds is 8. The minimum Gasteiger partial charge on any atom is -0.224 e. The molecular formula is C7H11F5N2O4S2. The maximum atomic E-state index is 12.9. The Hall–Kier alpha value is 0.110. The molecule has 0 saturated carbocycles. The van der Waals surface area contributed by atoms with Crippen molar-refractivity contribution in [2.45, 2.75) is 31.0 Å². The van der Waals surface area contributed by atoms with Gasteiger partial charge in [-0.3, -0.25) is 0 Å². The molecule has 0 aliphatic carbocycles. The van der Waals surface area contributed by atoms with Crippen LogP contribution in [0.15, 0.2) is 0 Å². The summed E-state index contributed by atoms with van der Waals surface area (Å²) in [5.74, 6) is 0. The van der Waals surface area contributed by atoms with E-state index in [1.54, 1.807) is 4.31 Å². The summed E-state index contributed by atoms with van der Waals surface area (Å²) in [6.45, 7) is 1.34. The predicted molar refractivity (Wildman–Crippen MR) is 59.1 cm³/mol. The molecule has 1 aliphatic rings. The summed E-state index contributed by atoms with van der Waals surface area (Å²) in [6, 6.07) is 0. The van der Waals surface area contributed by atoms with Crippen LogP contribution in [0.25, 0.3) is 0 Å². The van der Waals surface area contributed by atoms with Crippen LogP contribution < -0.4 is 5.48 Å². The first-order valence-electron chi connectivity index (χ1n) is 5.29. The zero-order chi connectivity index (χ0) is 15.1. The van der Waals surface area contributed by atoms with Gasteiger partial charge in [0.1, 0.15) is 24.3 Å². The van der Waals surface area contributed by atoms with E-state index in [0.717, 1.165) is 19.3 Å². The van der Waals surface area contributed by atoms with Crippen molar-refractivity contribution in [3.8, 4) is 0 Å². The molecule has 1 fully saturated rings. The fraction of sp³-hybridized carbons (Fsp3) is 1.00. The van der Waals surface area contributed by atoms with Crippen molar-refractivity contribution in [3.63, 3.8) is 0 Å². The van der Waals surface area contributed by atoms with E-state index >= 15 is 0 Å². The Bertz CT molecular complexity index is 280. The van der Waals surface area contributed by atoms with Gasteiger partial charge in [-0.1, -0.05) is 11.9 Å². The van der Waals surface area contributed by atoms with E-state index in [0.29, 0.717) is 30.8 Å². The molecule has 1 heterocycles. The molecule has 6 nitrogen and oxygen atoms in total. The van der Waals surface area contributed by atoms with Crippen LogP contribution in [0.1, 0.15) is 19.3 Å². The number of hydrogen-bond donors (Lipinski definition) is 1. The second-order valence-electron chi connectivity index (χ2n) is 3.51. The zero-order valence-electron chi connectivity index (χ0n) is 9.82. The zero-order valence-corrected chi connectivity index (χ0v) is 11.5. The van der Waals surface area contributed by atoms with Crippen molar-refractivity contribution in [3.05, 3.63) is 0 Å². The Balaban J connectivity index is 2.07. The molecule has 0 aromatic rings. The highest BCUT2D eigenvalue weighted by Gasteiger charge is 2.37. The molecule has 20 heavy (non-hydrogen) atoms. The Kier molecular flexibility index (Phi) is 7.74. The highest BCUT2D eigenvalue weighted by molar-refractivity contribution is 7.95. The second kappa shape index (κ2) is 8.53. The molecule has 13 heteroatoms. The van der Waals surface area contributed by atoms with Crippen molar-refractivity contribution >= 4 is 24.3 Å². The van der Waals surface area contributed by atoms with E-state index in [2.05, 4.69) is 18.5 Å². The minimum atomic E-state index is -4.92. The van der Waals surface area contributed by atoms with Crippen molar-refractivity contribution in [2.75, 3.05) is 13.1 Å². The summed E-state index contributed by atoms with van der Waals surface area (Å²) in [6.07, 6.45) is -2.03. The third-order valence-electron chi connectivity index (χ3n) is 1.90. The lowest BCUT2D eigenvalue weighted by Crippen LogP contribution is -2.31. The summed E-state index contributed by atoms with van der Waals surface area (Å²) < 4.78 is 69.7. The molecular weight excluding hydrogens is 335 g/mol. The highest BCUT2D eigenvalue weighted by atomic mass is 32.2. The number of alkyl halides is 5.